The van der Waals surface area contributed by atoms with Gasteiger partial charge in [-0.25, -0.2) is 4.39 Å². The average Bonchev–Trinajstić information content (AvgIpc) is 3.53. The van der Waals surface area contributed by atoms with Crippen molar-refractivity contribution in [3.8, 4) is 16.9 Å². The third kappa shape index (κ3) is 3.12. The van der Waals surface area contributed by atoms with Crippen molar-refractivity contribution in [3.05, 3.63) is 58.9 Å². The summed E-state index contributed by atoms with van der Waals surface area (Å²) in [6.45, 7) is 1.13. The van der Waals surface area contributed by atoms with Crippen molar-refractivity contribution in [3.63, 3.8) is 0 Å². The molecule has 2 aromatic carbocycles. The summed E-state index contributed by atoms with van der Waals surface area (Å²) in [4.78, 5) is 20.2. The number of anilines is 1. The second kappa shape index (κ2) is 7.56. The molecule has 0 amide bonds. The molecular weight excluding hydrogens is 425 g/mol. The van der Waals surface area contributed by atoms with Crippen molar-refractivity contribution >= 4 is 38.4 Å². The highest BCUT2D eigenvalue weighted by atomic mass is 19.1. The molecule has 33 heavy (non-hydrogen) atoms. The molecule has 0 unspecified atom stereocenters. The zero-order valence-corrected chi connectivity index (χ0v) is 17.5. The number of nitrogen functional groups attached to an aromatic ring is 1. The fourth-order valence-corrected chi connectivity index (χ4v) is 4.57. The molecule has 1 aliphatic rings. The zero-order chi connectivity index (χ0) is 22.5. The van der Waals surface area contributed by atoms with Gasteiger partial charge in [0, 0.05) is 34.5 Å². The van der Waals surface area contributed by atoms with E-state index in [-0.39, 0.29) is 17.3 Å². The van der Waals surface area contributed by atoms with E-state index in [2.05, 4.69) is 20.2 Å². The molecule has 6 rings (SSSR count). The first-order valence-electron chi connectivity index (χ1n) is 10.7. The lowest BCUT2D eigenvalue weighted by molar-refractivity contribution is 0.0684. The molecule has 3 aromatic heterocycles. The van der Waals surface area contributed by atoms with Crippen LogP contribution in [0.25, 0.3) is 43.8 Å². The Hall–Kier alpha value is -3.98. The molecule has 1 fully saturated rings. The minimum atomic E-state index is -0.436. The molecule has 166 valence electrons. The van der Waals surface area contributed by atoms with E-state index in [1.165, 1.54) is 12.3 Å². The predicted octanol–water partition coefficient (Wildman–Crippen LogP) is 3.90. The fourth-order valence-electron chi connectivity index (χ4n) is 4.57. The molecule has 0 saturated carbocycles. The van der Waals surface area contributed by atoms with Crippen molar-refractivity contribution in [1.29, 1.82) is 0 Å². The fraction of sp³-hybridized carbons (Fsp3) is 0.208. The topological polar surface area (TPSA) is 119 Å². The van der Waals surface area contributed by atoms with Crippen molar-refractivity contribution in [2.75, 3.05) is 18.9 Å². The number of hydrogen-bond donors (Lipinski definition) is 3. The number of nitrogens with zero attached hydrogens (tertiary/aromatic N) is 2. The van der Waals surface area contributed by atoms with E-state index in [9.17, 15) is 9.18 Å². The number of pyridine rings is 2. The number of nitrogens with one attached hydrogen (secondary N) is 2. The molecule has 9 heteroatoms. The van der Waals surface area contributed by atoms with Crippen LogP contribution in [-0.4, -0.2) is 39.5 Å². The van der Waals surface area contributed by atoms with E-state index >= 15 is 0 Å². The van der Waals surface area contributed by atoms with Gasteiger partial charge in [-0.3, -0.25) is 14.9 Å². The summed E-state index contributed by atoms with van der Waals surface area (Å²) in [6, 6.07) is 8.44. The molecule has 0 bridgehead atoms. The number of ether oxygens (including phenoxy) is 2. The molecule has 0 aliphatic carbocycles. The van der Waals surface area contributed by atoms with Crippen LogP contribution < -0.4 is 16.0 Å². The largest absolute Gasteiger partial charge is 0.489 e. The quantitative estimate of drug-likeness (QED) is 0.361. The van der Waals surface area contributed by atoms with Crippen molar-refractivity contribution in [2.24, 2.45) is 0 Å². The van der Waals surface area contributed by atoms with E-state index < -0.39 is 11.4 Å². The van der Waals surface area contributed by atoms with Crippen LogP contribution in [0.2, 0.25) is 0 Å². The summed E-state index contributed by atoms with van der Waals surface area (Å²) in [7, 11) is 0. The first-order chi connectivity index (χ1) is 16.1. The van der Waals surface area contributed by atoms with E-state index in [0.29, 0.717) is 45.3 Å². The lowest BCUT2D eigenvalue weighted by atomic mass is 9.95. The highest BCUT2D eigenvalue weighted by Crippen LogP contribution is 2.40. The summed E-state index contributed by atoms with van der Waals surface area (Å²) >= 11 is 0. The number of nitrogens with two attached hydrogens (primary N) is 1. The summed E-state index contributed by atoms with van der Waals surface area (Å²) < 4.78 is 26.2. The predicted molar refractivity (Wildman–Crippen MR) is 124 cm³/mol. The van der Waals surface area contributed by atoms with Gasteiger partial charge < -0.3 is 20.2 Å². The van der Waals surface area contributed by atoms with Gasteiger partial charge in [0.15, 0.2) is 0 Å². The Morgan fingerprint density at radius 3 is 2.97 bits per heavy atom. The van der Waals surface area contributed by atoms with Gasteiger partial charge in [-0.05, 0) is 42.7 Å². The van der Waals surface area contributed by atoms with E-state index in [4.69, 9.17) is 15.2 Å². The molecule has 1 saturated heterocycles. The van der Waals surface area contributed by atoms with Crippen molar-refractivity contribution in [1.82, 2.24) is 20.2 Å². The van der Waals surface area contributed by atoms with Crippen LogP contribution in [0.15, 0.2) is 47.5 Å². The van der Waals surface area contributed by atoms with Gasteiger partial charge in [-0.15, -0.1) is 0 Å². The smallest absolute Gasteiger partial charge is 0.272 e. The molecule has 5 aromatic rings. The van der Waals surface area contributed by atoms with E-state index in [1.54, 1.807) is 18.3 Å². The highest BCUT2D eigenvalue weighted by molar-refractivity contribution is 6.15. The molecule has 0 radical (unpaired) electrons. The molecule has 1 atom stereocenters. The summed E-state index contributed by atoms with van der Waals surface area (Å²) in [5.41, 5.74) is 8.45. The Kier molecular flexibility index (Phi) is 4.51. The number of H-pyrrole nitrogens is 2. The number of benzene rings is 2. The van der Waals surface area contributed by atoms with Gasteiger partial charge in [0.2, 0.25) is 0 Å². The number of hydrogen-bond acceptors (Lipinski definition) is 6. The van der Waals surface area contributed by atoms with Crippen molar-refractivity contribution in [2.45, 2.75) is 18.9 Å². The van der Waals surface area contributed by atoms with Crippen molar-refractivity contribution < 1.29 is 13.9 Å². The minimum Gasteiger partial charge on any atom is -0.489 e. The normalized spacial score (nSPS) is 16.2. The maximum Gasteiger partial charge on any atom is 0.272 e. The highest BCUT2D eigenvalue weighted by Gasteiger charge is 2.22. The number of halogens is 1. The molecule has 1 aliphatic heterocycles. The average molecular weight is 445 g/mol. The second-order valence-corrected chi connectivity index (χ2v) is 8.14. The maximum absolute atomic E-state index is 14.3. The summed E-state index contributed by atoms with van der Waals surface area (Å²) in [6.07, 6.45) is 5.19. The van der Waals surface area contributed by atoms with E-state index in [0.717, 1.165) is 24.8 Å². The van der Waals surface area contributed by atoms with Crippen LogP contribution in [0.5, 0.6) is 5.75 Å². The Balaban J connectivity index is 1.65. The molecule has 4 N–H and O–H groups in total. The van der Waals surface area contributed by atoms with E-state index in [1.807, 2.05) is 12.1 Å². The third-order valence-corrected chi connectivity index (χ3v) is 6.16. The van der Waals surface area contributed by atoms with Gasteiger partial charge in [0.05, 0.1) is 17.8 Å². The zero-order valence-electron chi connectivity index (χ0n) is 17.5. The van der Waals surface area contributed by atoms with Gasteiger partial charge in [0.25, 0.3) is 5.56 Å². The lowest BCUT2D eigenvalue weighted by Crippen LogP contribution is -2.17. The Morgan fingerprint density at radius 1 is 1.21 bits per heavy atom. The van der Waals surface area contributed by atoms with Crippen LogP contribution in [0.1, 0.15) is 12.8 Å². The SMILES string of the molecule is Nc1c(-c2ccc(F)c3[nH]ncc23)c2cc(OC[C@@H]3CCCO3)c3ncccc3c2[nH]c1=O. The summed E-state index contributed by atoms with van der Waals surface area (Å²) in [5, 5.41) is 8.58. The first-order valence-corrected chi connectivity index (χ1v) is 10.7. The number of rotatable bonds is 4. The van der Waals surface area contributed by atoms with Gasteiger partial charge in [-0.1, -0.05) is 6.07 Å². The Bertz CT molecular complexity index is 1590. The first kappa shape index (κ1) is 19.7. The van der Waals surface area contributed by atoms with Crippen LogP contribution in [-0.2, 0) is 4.74 Å². The van der Waals surface area contributed by atoms with Gasteiger partial charge in [-0.2, -0.15) is 5.10 Å². The standard InChI is InChI=1S/C24H20FN5O3/c25-17-6-5-13(16-10-28-30-22(16)17)19-15-9-18(33-11-12-3-2-8-32-12)23-14(4-1-7-27-23)21(15)29-24(31)20(19)26/h1,4-7,9-10,12H,2-3,8,11,26H2,(H,28,30)(H,29,31)/t12-/m0/s1. The second-order valence-electron chi connectivity index (χ2n) is 8.14. The Morgan fingerprint density at radius 2 is 2.12 bits per heavy atom. The van der Waals surface area contributed by atoms with Gasteiger partial charge in [0.1, 0.15) is 34.9 Å². The monoisotopic (exact) mass is 445 g/mol. The molecular formula is C24H20FN5O3. The van der Waals surface area contributed by atoms with Crippen LogP contribution in [0, 0.1) is 5.82 Å². The molecule has 4 heterocycles. The lowest BCUT2D eigenvalue weighted by Gasteiger charge is -2.17. The number of fused-ring (bicyclic) bond motifs is 4. The minimum absolute atomic E-state index is 0.0298. The molecule has 0 spiro atoms. The van der Waals surface area contributed by atoms with Crippen LogP contribution in [0.3, 0.4) is 0 Å². The summed E-state index contributed by atoms with van der Waals surface area (Å²) in [5.74, 6) is 0.126. The van der Waals surface area contributed by atoms with Crippen LogP contribution in [0.4, 0.5) is 10.1 Å². The third-order valence-electron chi connectivity index (χ3n) is 6.16. The Labute approximate surface area is 186 Å². The van der Waals surface area contributed by atoms with Crippen LogP contribution >= 0.6 is 0 Å². The molecule has 8 nitrogen and oxygen atoms in total. The number of aromatic amines is 2. The maximum atomic E-state index is 14.3. The van der Waals surface area contributed by atoms with Gasteiger partial charge >= 0.3 is 0 Å². The number of aromatic nitrogens is 4.